The quantitative estimate of drug-likeness (QED) is 0.231. The predicted octanol–water partition coefficient (Wildman–Crippen LogP) is 3.66. The highest BCUT2D eigenvalue weighted by Gasteiger charge is 2.63. The first-order valence-corrected chi connectivity index (χ1v) is 16.6. The van der Waals surface area contributed by atoms with Crippen molar-refractivity contribution in [2.45, 2.75) is 50.0 Å². The fraction of sp³-hybridized carbons (Fsp3) is 0.382. The molecule has 1 saturated heterocycles. The van der Waals surface area contributed by atoms with Gasteiger partial charge < -0.3 is 24.6 Å². The van der Waals surface area contributed by atoms with Crippen LogP contribution in [0.25, 0.3) is 11.4 Å². The molecule has 268 valence electrons. The largest absolute Gasteiger partial charge is 0.504 e. The number of amides is 2. The molecule has 1 spiro atoms. The van der Waals surface area contributed by atoms with Crippen molar-refractivity contribution in [3.05, 3.63) is 80.0 Å². The maximum Gasteiger partial charge on any atom is 0.416 e. The highest BCUT2D eigenvalue weighted by atomic mass is 35.5. The van der Waals surface area contributed by atoms with Gasteiger partial charge in [0.2, 0.25) is 11.7 Å². The molecule has 2 aliphatic heterocycles. The molecule has 0 unspecified atom stereocenters. The summed E-state index contributed by atoms with van der Waals surface area (Å²) in [7, 11) is 0. The van der Waals surface area contributed by atoms with Crippen LogP contribution in [0.4, 0.5) is 23.2 Å². The van der Waals surface area contributed by atoms with E-state index < -0.39 is 71.4 Å². The van der Waals surface area contributed by atoms with E-state index >= 15 is 4.39 Å². The third-order valence-electron chi connectivity index (χ3n) is 10.2. The van der Waals surface area contributed by atoms with Gasteiger partial charge in [0.25, 0.3) is 11.5 Å². The van der Waals surface area contributed by atoms with E-state index in [1.807, 2.05) is 0 Å². The van der Waals surface area contributed by atoms with Crippen LogP contribution in [0.1, 0.15) is 57.6 Å². The molecule has 4 aliphatic rings. The summed E-state index contributed by atoms with van der Waals surface area (Å²) in [4.78, 5) is 55.2. The number of ether oxygens (including phenoxy) is 1. The Hall–Kier alpha value is -5.34. The molecule has 13 nitrogen and oxygen atoms in total. The molecule has 4 aromatic rings. The maximum absolute atomic E-state index is 17.0. The van der Waals surface area contributed by atoms with Crippen LogP contribution in [-0.2, 0) is 27.7 Å². The molecule has 5 heterocycles. The van der Waals surface area contributed by atoms with Crippen molar-refractivity contribution in [2.24, 2.45) is 5.92 Å². The molecule has 18 heteroatoms. The molecule has 8 rings (SSSR count). The highest BCUT2D eigenvalue weighted by molar-refractivity contribution is 6.33. The molecule has 3 aromatic heterocycles. The first-order valence-electron chi connectivity index (χ1n) is 16.2. The number of piperidine rings is 1. The standard InChI is InChI=1S/C34H27ClF4N8O5/c1-16-28(49)26(41-15-40-16)31(51)45-9-8-33(23(36)13-45)20-4-3-19(20)27-25(33)30(50)47-32(43-29(44-47)17-6-10-52-11-7-17)46(27)14-24(48)42-22-5-2-18(12-21(22)35)34(37,38)39/h2,5-6,12,15,19-20,23,49H,7-11,13-14H2,1H3,(H,42,48)/t19-,20+,23-,33+/m0/s1. The number of anilines is 1. The molecule has 2 N–H and O–H groups in total. The first-order chi connectivity index (χ1) is 24.8. The summed E-state index contributed by atoms with van der Waals surface area (Å²) in [5, 5.41) is 17.1. The number of nitrogens with zero attached hydrogens (tertiary/aromatic N) is 7. The fourth-order valence-corrected chi connectivity index (χ4v) is 7.78. The van der Waals surface area contributed by atoms with Crippen molar-refractivity contribution in [3.8, 4) is 17.6 Å². The number of alkyl halides is 4. The second kappa shape index (κ2) is 12.1. The van der Waals surface area contributed by atoms with Crippen LogP contribution in [0.3, 0.4) is 0 Å². The smallest absolute Gasteiger partial charge is 0.416 e. The molecule has 0 saturated carbocycles. The maximum atomic E-state index is 17.0. The number of carbonyl (C=O) groups is 2. The normalized spacial score (nSPS) is 23.4. The molecule has 0 bridgehead atoms. The van der Waals surface area contributed by atoms with Gasteiger partial charge in [0.05, 0.1) is 64.5 Å². The van der Waals surface area contributed by atoms with E-state index in [0.29, 0.717) is 31.3 Å². The Kier molecular flexibility index (Phi) is 7.88. The minimum absolute atomic E-state index is 0.00798. The van der Waals surface area contributed by atoms with Crippen LogP contribution < -0.4 is 10.9 Å². The SMILES string of the molecule is Cc1ncnc(C(=O)N2CC[C@]3(c4c(n(CC(=O)Nc5ccc(C(F)(F)F)cc5Cl)c5nc(C6=CCOCC6)nn5c4=O)[C@H]4C#C[C@H]43)[C@@H](F)C2)c1O. The number of rotatable bonds is 5. The molecular weight excluding hydrogens is 712 g/mol. The van der Waals surface area contributed by atoms with Crippen molar-refractivity contribution in [3.63, 3.8) is 0 Å². The molecule has 2 amide bonds. The predicted molar refractivity (Wildman–Crippen MR) is 175 cm³/mol. The van der Waals surface area contributed by atoms with E-state index in [4.69, 9.17) is 16.3 Å². The number of hydrogen-bond donors (Lipinski definition) is 2. The van der Waals surface area contributed by atoms with E-state index in [-0.39, 0.29) is 57.9 Å². The lowest BCUT2D eigenvalue weighted by Crippen LogP contribution is -2.57. The lowest BCUT2D eigenvalue weighted by atomic mass is 9.63. The van der Waals surface area contributed by atoms with Gasteiger partial charge in [0.1, 0.15) is 19.0 Å². The highest BCUT2D eigenvalue weighted by Crippen LogP contribution is 2.58. The molecule has 0 radical (unpaired) electrons. The number of carbonyl (C=O) groups excluding carboxylic acids is 2. The summed E-state index contributed by atoms with van der Waals surface area (Å²) in [5.74, 6) is 3.08. The molecule has 1 fully saturated rings. The summed E-state index contributed by atoms with van der Waals surface area (Å²) >= 11 is 6.12. The Morgan fingerprint density at radius 3 is 2.71 bits per heavy atom. The van der Waals surface area contributed by atoms with Gasteiger partial charge in [-0.1, -0.05) is 29.5 Å². The van der Waals surface area contributed by atoms with E-state index in [2.05, 4.69) is 37.2 Å². The number of hydrogen-bond acceptors (Lipinski definition) is 9. The van der Waals surface area contributed by atoms with E-state index in [1.165, 1.54) is 16.4 Å². The minimum atomic E-state index is -4.65. The van der Waals surface area contributed by atoms with Gasteiger partial charge in [-0.3, -0.25) is 14.4 Å². The van der Waals surface area contributed by atoms with Crippen LogP contribution in [0.15, 0.2) is 35.4 Å². The fourth-order valence-electron chi connectivity index (χ4n) is 7.55. The van der Waals surface area contributed by atoms with Crippen LogP contribution in [0.2, 0.25) is 5.02 Å². The van der Waals surface area contributed by atoms with Crippen LogP contribution in [-0.4, -0.2) is 83.4 Å². The number of aryl methyl sites for hydroxylation is 1. The molecule has 4 atom stereocenters. The van der Waals surface area contributed by atoms with Crippen molar-refractivity contribution >= 4 is 40.5 Å². The van der Waals surface area contributed by atoms with Crippen LogP contribution in [0, 0.1) is 24.7 Å². The lowest BCUT2D eigenvalue weighted by Gasteiger charge is -2.45. The van der Waals surface area contributed by atoms with Gasteiger partial charge in [-0.15, -0.1) is 5.10 Å². The molecular formula is C34H27ClF4N8O5. The number of benzene rings is 1. The zero-order chi connectivity index (χ0) is 36.7. The van der Waals surface area contributed by atoms with Gasteiger partial charge >= 0.3 is 6.18 Å². The zero-order valence-electron chi connectivity index (χ0n) is 27.2. The van der Waals surface area contributed by atoms with Crippen molar-refractivity contribution in [1.29, 1.82) is 0 Å². The summed E-state index contributed by atoms with van der Waals surface area (Å²) in [6, 6.07) is 2.52. The number of halogens is 5. The third-order valence-corrected chi connectivity index (χ3v) is 10.5. The first kappa shape index (κ1) is 33.8. The third kappa shape index (κ3) is 5.14. The van der Waals surface area contributed by atoms with Gasteiger partial charge in [-0.05, 0) is 43.5 Å². The van der Waals surface area contributed by atoms with E-state index in [0.717, 1.165) is 23.0 Å². The summed E-state index contributed by atoms with van der Waals surface area (Å²) < 4.78 is 64.6. The van der Waals surface area contributed by atoms with Gasteiger partial charge in [-0.25, -0.2) is 14.4 Å². The molecule has 1 aromatic carbocycles. The average molecular weight is 739 g/mol. The zero-order valence-corrected chi connectivity index (χ0v) is 27.9. The average Bonchev–Trinajstić information content (AvgIpc) is 3.62. The van der Waals surface area contributed by atoms with Crippen LogP contribution >= 0.6 is 11.6 Å². The second-order valence-electron chi connectivity index (χ2n) is 13.0. The molecule has 52 heavy (non-hydrogen) atoms. The number of aromatic nitrogens is 6. The topological polar surface area (TPSA) is 157 Å². The van der Waals surface area contributed by atoms with Crippen molar-refractivity contribution in [2.75, 3.05) is 31.6 Å². The van der Waals surface area contributed by atoms with E-state index in [9.17, 15) is 32.7 Å². The Bertz CT molecular complexity index is 2370. The minimum Gasteiger partial charge on any atom is -0.504 e. The van der Waals surface area contributed by atoms with Gasteiger partial charge in [0.15, 0.2) is 17.3 Å². The Morgan fingerprint density at radius 1 is 1.23 bits per heavy atom. The van der Waals surface area contributed by atoms with Gasteiger partial charge in [0, 0.05) is 12.2 Å². The summed E-state index contributed by atoms with van der Waals surface area (Å²) in [6.07, 6.45) is -3.12. The van der Waals surface area contributed by atoms with Crippen LogP contribution in [0.5, 0.6) is 5.75 Å². The number of aromatic hydroxyl groups is 1. The number of nitrogens with one attached hydrogen (secondary N) is 1. The number of fused-ring (bicyclic) bond motifs is 6. The van der Waals surface area contributed by atoms with Crippen molar-refractivity contribution in [1.82, 2.24) is 34.0 Å². The summed E-state index contributed by atoms with van der Waals surface area (Å²) in [6.45, 7) is 1.25. The monoisotopic (exact) mass is 738 g/mol. The Labute approximate surface area is 296 Å². The number of likely N-dealkylation sites (tertiary alicyclic amines) is 1. The van der Waals surface area contributed by atoms with Gasteiger partial charge in [-0.2, -0.15) is 22.7 Å². The summed E-state index contributed by atoms with van der Waals surface area (Å²) in [5.41, 5.74) is -2.27. The Morgan fingerprint density at radius 2 is 2.04 bits per heavy atom. The second-order valence-corrected chi connectivity index (χ2v) is 13.4. The van der Waals surface area contributed by atoms with Crippen molar-refractivity contribution < 1.29 is 37.0 Å². The molecule has 2 aliphatic carbocycles. The Balaban J connectivity index is 1.21. The lowest BCUT2D eigenvalue weighted by molar-refractivity contribution is -0.137. The van der Waals surface area contributed by atoms with E-state index in [1.54, 1.807) is 6.08 Å².